The maximum atomic E-state index is 13.2. The molecule has 2 rings (SSSR count). The van der Waals surface area contributed by atoms with Crippen LogP contribution in [-0.2, 0) is 24.7 Å². The van der Waals surface area contributed by atoms with Crippen LogP contribution in [0.1, 0.15) is 50.5 Å². The summed E-state index contributed by atoms with van der Waals surface area (Å²) in [5.74, 6) is 0.528. The molecule has 0 amide bonds. The minimum absolute atomic E-state index is 0.114. The molecule has 5 nitrogen and oxygen atoms in total. The second-order valence-electron chi connectivity index (χ2n) is 7.22. The lowest BCUT2D eigenvalue weighted by Gasteiger charge is -2.14. The number of rotatable bonds is 5. The third kappa shape index (κ3) is 5.97. The molecule has 0 saturated heterocycles. The Labute approximate surface area is 161 Å². The quantitative estimate of drug-likeness (QED) is 0.444. The minimum atomic E-state index is -4.65. The third-order valence-corrected chi connectivity index (χ3v) is 3.83. The second kappa shape index (κ2) is 8.62. The van der Waals surface area contributed by atoms with Crippen LogP contribution in [0, 0.1) is 5.82 Å². The average molecular weight is 400 g/mol. The van der Waals surface area contributed by atoms with Crippen molar-refractivity contribution in [2.45, 2.75) is 52.4 Å². The predicted octanol–water partition coefficient (Wildman–Crippen LogP) is 4.39. The van der Waals surface area contributed by atoms with Gasteiger partial charge in [-0.25, -0.2) is 14.4 Å². The highest BCUT2D eigenvalue weighted by molar-refractivity contribution is 5.79. The SMILES string of the molecule is CCNC(=NCc1ccc(F)cc1C(F)(F)F)NCc1ncc(C(C)(C)C)o1. The lowest BCUT2D eigenvalue weighted by molar-refractivity contribution is -0.138. The first-order valence-electron chi connectivity index (χ1n) is 8.83. The molecule has 0 atom stereocenters. The number of hydrogen-bond donors (Lipinski definition) is 2. The standard InChI is InChI=1S/C19H24F4N4O/c1-5-24-17(27-11-16-25-10-15(28-16)18(2,3)4)26-9-12-6-7-13(20)8-14(12)19(21,22)23/h6-8,10H,5,9,11H2,1-4H3,(H2,24,26,27). The average Bonchev–Trinajstić information content (AvgIpc) is 3.06. The van der Waals surface area contributed by atoms with Gasteiger partial charge in [-0.1, -0.05) is 26.8 Å². The van der Waals surface area contributed by atoms with Gasteiger partial charge in [0.2, 0.25) is 5.89 Å². The molecule has 28 heavy (non-hydrogen) atoms. The van der Waals surface area contributed by atoms with Crippen molar-refractivity contribution in [3.8, 4) is 0 Å². The number of nitrogens with zero attached hydrogens (tertiary/aromatic N) is 2. The third-order valence-electron chi connectivity index (χ3n) is 3.83. The highest BCUT2D eigenvalue weighted by Gasteiger charge is 2.33. The molecule has 1 aromatic carbocycles. The summed E-state index contributed by atoms with van der Waals surface area (Å²) in [6.07, 6.45) is -3.00. The first-order chi connectivity index (χ1) is 13.0. The number of oxazole rings is 1. The Morgan fingerprint density at radius 2 is 1.89 bits per heavy atom. The molecule has 2 aromatic rings. The molecular formula is C19H24F4N4O. The summed E-state index contributed by atoms with van der Waals surface area (Å²) >= 11 is 0. The first-order valence-corrected chi connectivity index (χ1v) is 8.83. The van der Waals surface area contributed by atoms with Crippen LogP contribution in [-0.4, -0.2) is 17.5 Å². The number of aliphatic imine (C=N–C) groups is 1. The highest BCUT2D eigenvalue weighted by Crippen LogP contribution is 2.32. The van der Waals surface area contributed by atoms with Gasteiger partial charge >= 0.3 is 6.18 Å². The summed E-state index contributed by atoms with van der Waals surface area (Å²) in [6.45, 7) is 8.30. The van der Waals surface area contributed by atoms with E-state index in [-0.39, 0.29) is 24.1 Å². The van der Waals surface area contributed by atoms with Crippen molar-refractivity contribution in [3.63, 3.8) is 0 Å². The van der Waals surface area contributed by atoms with Crippen LogP contribution in [0.25, 0.3) is 0 Å². The number of guanidine groups is 1. The number of benzene rings is 1. The van der Waals surface area contributed by atoms with E-state index in [0.717, 1.165) is 17.9 Å². The van der Waals surface area contributed by atoms with Gasteiger partial charge < -0.3 is 15.1 Å². The van der Waals surface area contributed by atoms with Gasteiger partial charge in [0.05, 0.1) is 24.8 Å². The molecule has 0 radical (unpaired) electrons. The van der Waals surface area contributed by atoms with Gasteiger partial charge in [-0.2, -0.15) is 13.2 Å². The summed E-state index contributed by atoms with van der Waals surface area (Å²) < 4.78 is 58.2. The van der Waals surface area contributed by atoms with E-state index in [1.807, 2.05) is 27.7 Å². The lowest BCUT2D eigenvalue weighted by atomic mass is 9.94. The first kappa shape index (κ1) is 21.7. The topological polar surface area (TPSA) is 62.5 Å². The smallest absolute Gasteiger partial charge is 0.416 e. The monoisotopic (exact) mass is 400 g/mol. The second-order valence-corrected chi connectivity index (χ2v) is 7.22. The summed E-state index contributed by atoms with van der Waals surface area (Å²) in [5.41, 5.74) is -1.33. The van der Waals surface area contributed by atoms with Crippen LogP contribution in [0.2, 0.25) is 0 Å². The molecule has 0 aliphatic heterocycles. The number of hydrogen-bond acceptors (Lipinski definition) is 3. The largest absolute Gasteiger partial charge is 0.443 e. The molecule has 0 spiro atoms. The Bertz CT molecular complexity index is 822. The molecule has 0 aliphatic rings. The van der Waals surface area contributed by atoms with Crippen molar-refractivity contribution in [1.82, 2.24) is 15.6 Å². The van der Waals surface area contributed by atoms with Gasteiger partial charge in [0.15, 0.2) is 5.96 Å². The van der Waals surface area contributed by atoms with E-state index in [0.29, 0.717) is 24.5 Å². The van der Waals surface area contributed by atoms with E-state index in [9.17, 15) is 17.6 Å². The van der Waals surface area contributed by atoms with Crippen LogP contribution in [0.4, 0.5) is 17.6 Å². The molecule has 1 heterocycles. The molecule has 0 bridgehead atoms. The maximum Gasteiger partial charge on any atom is 0.416 e. The van der Waals surface area contributed by atoms with Crippen molar-refractivity contribution in [3.05, 3.63) is 53.0 Å². The van der Waals surface area contributed by atoms with E-state index in [1.165, 1.54) is 0 Å². The molecule has 2 N–H and O–H groups in total. The molecular weight excluding hydrogens is 376 g/mol. The Morgan fingerprint density at radius 1 is 1.18 bits per heavy atom. The van der Waals surface area contributed by atoms with Crippen molar-refractivity contribution in [2.24, 2.45) is 4.99 Å². The fourth-order valence-corrected chi connectivity index (χ4v) is 2.35. The van der Waals surface area contributed by atoms with Crippen LogP contribution in [0.5, 0.6) is 0 Å². The van der Waals surface area contributed by atoms with Gasteiger partial charge in [0.25, 0.3) is 0 Å². The fourth-order valence-electron chi connectivity index (χ4n) is 2.35. The van der Waals surface area contributed by atoms with E-state index in [4.69, 9.17) is 4.42 Å². The number of nitrogens with one attached hydrogen (secondary N) is 2. The molecule has 154 valence electrons. The normalized spacial score (nSPS) is 12.9. The zero-order valence-corrected chi connectivity index (χ0v) is 16.2. The van der Waals surface area contributed by atoms with Crippen LogP contribution in [0.15, 0.2) is 33.8 Å². The minimum Gasteiger partial charge on any atom is -0.443 e. The molecule has 0 saturated carbocycles. The van der Waals surface area contributed by atoms with Gasteiger partial charge in [0, 0.05) is 12.0 Å². The van der Waals surface area contributed by atoms with E-state index in [1.54, 1.807) is 6.20 Å². The van der Waals surface area contributed by atoms with E-state index in [2.05, 4.69) is 20.6 Å². The van der Waals surface area contributed by atoms with Crippen LogP contribution < -0.4 is 10.6 Å². The number of alkyl halides is 3. The zero-order valence-electron chi connectivity index (χ0n) is 16.2. The fraction of sp³-hybridized carbons (Fsp3) is 0.474. The highest BCUT2D eigenvalue weighted by atomic mass is 19.4. The van der Waals surface area contributed by atoms with Crippen molar-refractivity contribution < 1.29 is 22.0 Å². The summed E-state index contributed by atoms with van der Waals surface area (Å²) in [6, 6.07) is 2.56. The Hall–Kier alpha value is -2.58. The Kier molecular flexibility index (Phi) is 6.69. The predicted molar refractivity (Wildman–Crippen MR) is 98.3 cm³/mol. The van der Waals surface area contributed by atoms with Crippen molar-refractivity contribution in [2.75, 3.05) is 6.54 Å². The molecule has 9 heteroatoms. The lowest BCUT2D eigenvalue weighted by Crippen LogP contribution is -2.36. The summed E-state index contributed by atoms with van der Waals surface area (Å²) in [4.78, 5) is 8.35. The van der Waals surface area contributed by atoms with Gasteiger partial charge in [-0.15, -0.1) is 0 Å². The Morgan fingerprint density at radius 3 is 2.46 bits per heavy atom. The van der Waals surface area contributed by atoms with E-state index >= 15 is 0 Å². The van der Waals surface area contributed by atoms with Crippen LogP contribution >= 0.6 is 0 Å². The number of aromatic nitrogens is 1. The molecule has 0 unspecified atom stereocenters. The summed E-state index contributed by atoms with van der Waals surface area (Å²) in [5, 5.41) is 5.91. The van der Waals surface area contributed by atoms with Crippen LogP contribution in [0.3, 0.4) is 0 Å². The number of halogens is 4. The molecule has 0 fully saturated rings. The maximum absolute atomic E-state index is 13.2. The van der Waals surface area contributed by atoms with Gasteiger partial charge in [0.1, 0.15) is 11.6 Å². The molecule has 0 aliphatic carbocycles. The van der Waals surface area contributed by atoms with Crippen molar-refractivity contribution in [1.29, 1.82) is 0 Å². The summed E-state index contributed by atoms with van der Waals surface area (Å²) in [7, 11) is 0. The van der Waals surface area contributed by atoms with Gasteiger partial charge in [-0.3, -0.25) is 0 Å². The molecule has 1 aromatic heterocycles. The van der Waals surface area contributed by atoms with E-state index < -0.39 is 17.6 Å². The zero-order chi connectivity index (χ0) is 20.9. The van der Waals surface area contributed by atoms with Gasteiger partial charge in [-0.05, 0) is 24.6 Å². The Balaban J connectivity index is 2.12. The van der Waals surface area contributed by atoms with Crippen molar-refractivity contribution >= 4 is 5.96 Å².